The third-order valence-corrected chi connectivity index (χ3v) is 2.54. The lowest BCUT2D eigenvalue weighted by Gasteiger charge is -2.10. The van der Waals surface area contributed by atoms with Crippen LogP contribution in [-0.2, 0) is 6.42 Å². The summed E-state index contributed by atoms with van der Waals surface area (Å²) in [5, 5.41) is 18.4. The van der Waals surface area contributed by atoms with Crippen LogP contribution in [-0.4, -0.2) is 28.8 Å². The maximum atomic E-state index is 9.18. The van der Waals surface area contributed by atoms with Gasteiger partial charge in [0.15, 0.2) is 0 Å². The molecule has 0 aliphatic carbocycles. The Morgan fingerprint density at radius 3 is 2.56 bits per heavy atom. The van der Waals surface area contributed by atoms with Gasteiger partial charge in [-0.05, 0) is 18.2 Å². The minimum atomic E-state index is -1.52. The van der Waals surface area contributed by atoms with Crippen LogP contribution in [0.15, 0.2) is 48.7 Å². The highest BCUT2D eigenvalue weighted by atomic mass is 16.5. The van der Waals surface area contributed by atoms with E-state index in [2.05, 4.69) is 4.98 Å². The van der Waals surface area contributed by atoms with Crippen LogP contribution in [0.1, 0.15) is 5.69 Å². The number of ether oxygens (including phenoxy) is 1. The van der Waals surface area contributed by atoms with Crippen LogP contribution in [0.2, 0.25) is 0 Å². The number of rotatable bonds is 5. The van der Waals surface area contributed by atoms with E-state index < -0.39 is 7.12 Å². The molecular weight excluding hydrogens is 229 g/mol. The summed E-state index contributed by atoms with van der Waals surface area (Å²) in [6.07, 6.45) is 2.41. The van der Waals surface area contributed by atoms with Crippen molar-refractivity contribution in [1.82, 2.24) is 4.98 Å². The van der Waals surface area contributed by atoms with Gasteiger partial charge in [-0.2, -0.15) is 0 Å². The van der Waals surface area contributed by atoms with Crippen molar-refractivity contribution in [3.63, 3.8) is 0 Å². The summed E-state index contributed by atoms with van der Waals surface area (Å²) in [5.74, 6) is 0.489. The van der Waals surface area contributed by atoms with Crippen LogP contribution in [0.4, 0.5) is 0 Å². The van der Waals surface area contributed by atoms with E-state index in [9.17, 15) is 10.0 Å². The van der Waals surface area contributed by atoms with E-state index in [1.807, 2.05) is 18.2 Å². The van der Waals surface area contributed by atoms with Crippen LogP contribution in [0.5, 0.6) is 5.75 Å². The molecule has 0 aliphatic heterocycles. The number of aromatic nitrogens is 1. The van der Waals surface area contributed by atoms with Crippen LogP contribution >= 0.6 is 0 Å². The van der Waals surface area contributed by atoms with Crippen molar-refractivity contribution in [1.29, 1.82) is 0 Å². The molecule has 0 unspecified atom stereocenters. The lowest BCUT2D eigenvalue weighted by Crippen LogP contribution is -2.31. The van der Waals surface area contributed by atoms with E-state index in [0.29, 0.717) is 24.2 Å². The van der Waals surface area contributed by atoms with Gasteiger partial charge in [-0.1, -0.05) is 24.3 Å². The van der Waals surface area contributed by atoms with Crippen LogP contribution in [0, 0.1) is 0 Å². The number of nitrogens with zero attached hydrogens (tertiary/aromatic N) is 1. The Morgan fingerprint density at radius 1 is 1.06 bits per heavy atom. The molecule has 0 aliphatic rings. The Balaban J connectivity index is 1.94. The molecule has 0 fully saturated rings. The first-order chi connectivity index (χ1) is 8.77. The molecule has 0 saturated carbocycles. The number of hydrogen-bond acceptors (Lipinski definition) is 4. The molecule has 18 heavy (non-hydrogen) atoms. The first-order valence-electron chi connectivity index (χ1n) is 5.75. The van der Waals surface area contributed by atoms with E-state index >= 15 is 0 Å². The lowest BCUT2D eigenvalue weighted by molar-refractivity contribution is 0.321. The Bertz CT molecular complexity index is 491. The minimum Gasteiger partial charge on any atom is -0.494 e. The first kappa shape index (κ1) is 12.6. The molecule has 0 saturated heterocycles. The van der Waals surface area contributed by atoms with E-state index in [-0.39, 0.29) is 0 Å². The van der Waals surface area contributed by atoms with Crippen molar-refractivity contribution in [2.45, 2.75) is 6.42 Å². The average molecular weight is 243 g/mol. The Labute approximate surface area is 106 Å². The van der Waals surface area contributed by atoms with Gasteiger partial charge >= 0.3 is 7.12 Å². The predicted molar refractivity (Wildman–Crippen MR) is 69.7 cm³/mol. The smallest absolute Gasteiger partial charge is 0.492 e. The summed E-state index contributed by atoms with van der Waals surface area (Å²) < 4.78 is 5.54. The van der Waals surface area contributed by atoms with E-state index in [4.69, 9.17) is 4.74 Å². The molecule has 0 atom stereocenters. The van der Waals surface area contributed by atoms with Crippen molar-refractivity contribution >= 4 is 12.6 Å². The Hall–Kier alpha value is -1.85. The SMILES string of the molecule is OB(O)c1ccccc1OCCc1ccccn1. The van der Waals surface area contributed by atoms with Crippen LogP contribution < -0.4 is 10.2 Å². The zero-order valence-corrected chi connectivity index (χ0v) is 9.86. The summed E-state index contributed by atoms with van der Waals surface area (Å²) in [6.45, 7) is 0.445. The summed E-state index contributed by atoms with van der Waals surface area (Å²) in [5.41, 5.74) is 1.32. The molecule has 4 nitrogen and oxygen atoms in total. The monoisotopic (exact) mass is 243 g/mol. The standard InChI is InChI=1S/C13H14BNO3/c16-14(17)12-6-1-2-7-13(12)18-10-8-11-5-3-4-9-15-11/h1-7,9,16-17H,8,10H2. The number of hydrogen-bond donors (Lipinski definition) is 2. The largest absolute Gasteiger partial charge is 0.494 e. The van der Waals surface area contributed by atoms with Crippen molar-refractivity contribution < 1.29 is 14.8 Å². The van der Waals surface area contributed by atoms with Crippen molar-refractivity contribution in [2.75, 3.05) is 6.61 Å². The van der Waals surface area contributed by atoms with Gasteiger partial charge in [-0.3, -0.25) is 4.98 Å². The van der Waals surface area contributed by atoms with Gasteiger partial charge in [0.25, 0.3) is 0 Å². The van der Waals surface area contributed by atoms with E-state index in [0.717, 1.165) is 5.69 Å². The van der Waals surface area contributed by atoms with Crippen LogP contribution in [0.25, 0.3) is 0 Å². The molecule has 2 aromatic rings. The lowest BCUT2D eigenvalue weighted by atomic mass is 9.79. The van der Waals surface area contributed by atoms with Crippen molar-refractivity contribution in [3.8, 4) is 5.75 Å². The maximum absolute atomic E-state index is 9.18. The molecule has 1 aromatic carbocycles. The highest BCUT2D eigenvalue weighted by Gasteiger charge is 2.16. The molecule has 0 bridgehead atoms. The molecule has 0 spiro atoms. The van der Waals surface area contributed by atoms with Gasteiger partial charge in [0, 0.05) is 23.8 Å². The number of pyridine rings is 1. The van der Waals surface area contributed by atoms with Crippen molar-refractivity contribution in [2.24, 2.45) is 0 Å². The Kier molecular flexibility index (Phi) is 4.33. The quantitative estimate of drug-likeness (QED) is 0.745. The molecule has 1 heterocycles. The van der Waals surface area contributed by atoms with Gasteiger partial charge in [0.05, 0.1) is 6.61 Å². The number of para-hydroxylation sites is 1. The van der Waals surface area contributed by atoms with Gasteiger partial charge in [-0.15, -0.1) is 0 Å². The molecule has 1 aromatic heterocycles. The zero-order valence-electron chi connectivity index (χ0n) is 9.86. The topological polar surface area (TPSA) is 62.6 Å². The third-order valence-electron chi connectivity index (χ3n) is 2.54. The minimum absolute atomic E-state index is 0.374. The second kappa shape index (κ2) is 6.19. The molecule has 92 valence electrons. The molecular formula is C13H14BNO3. The first-order valence-corrected chi connectivity index (χ1v) is 5.75. The Morgan fingerprint density at radius 2 is 1.83 bits per heavy atom. The van der Waals surface area contributed by atoms with E-state index in [1.165, 1.54) is 0 Å². The summed E-state index contributed by atoms with van der Waals surface area (Å²) in [6, 6.07) is 12.6. The van der Waals surface area contributed by atoms with Crippen molar-refractivity contribution in [3.05, 3.63) is 54.4 Å². The van der Waals surface area contributed by atoms with E-state index in [1.54, 1.807) is 30.5 Å². The van der Waals surface area contributed by atoms with Gasteiger partial charge in [0.2, 0.25) is 0 Å². The van der Waals surface area contributed by atoms with Gasteiger partial charge < -0.3 is 14.8 Å². The van der Waals surface area contributed by atoms with Gasteiger partial charge in [-0.25, -0.2) is 0 Å². The normalized spacial score (nSPS) is 10.1. The predicted octanol–water partition coefficient (Wildman–Crippen LogP) is 0.383. The van der Waals surface area contributed by atoms with Crippen LogP contribution in [0.3, 0.4) is 0 Å². The highest BCUT2D eigenvalue weighted by molar-refractivity contribution is 6.59. The fourth-order valence-corrected chi connectivity index (χ4v) is 1.64. The second-order valence-corrected chi connectivity index (χ2v) is 3.83. The number of benzene rings is 1. The summed E-state index contributed by atoms with van der Waals surface area (Å²) in [4.78, 5) is 4.19. The molecule has 5 heteroatoms. The fourth-order valence-electron chi connectivity index (χ4n) is 1.64. The average Bonchev–Trinajstić information content (AvgIpc) is 2.40. The molecule has 0 amide bonds. The van der Waals surface area contributed by atoms with Gasteiger partial charge in [0.1, 0.15) is 5.75 Å². The second-order valence-electron chi connectivity index (χ2n) is 3.83. The highest BCUT2D eigenvalue weighted by Crippen LogP contribution is 2.07. The molecule has 2 rings (SSSR count). The molecule has 0 radical (unpaired) electrons. The third kappa shape index (κ3) is 3.32. The summed E-state index contributed by atoms with van der Waals surface area (Å²) >= 11 is 0. The maximum Gasteiger partial charge on any atom is 0.492 e. The fraction of sp³-hybridized carbons (Fsp3) is 0.154. The summed E-state index contributed by atoms with van der Waals surface area (Å²) in [7, 11) is -1.52. The zero-order chi connectivity index (χ0) is 12.8. The molecule has 2 N–H and O–H groups in total.